The van der Waals surface area contributed by atoms with Crippen molar-refractivity contribution in [2.75, 3.05) is 0 Å². The fraction of sp³-hybridized carbons (Fsp3) is 1.00. The third kappa shape index (κ3) is 12.4. The van der Waals surface area contributed by atoms with Crippen LogP contribution < -0.4 is 0 Å². The lowest BCUT2D eigenvalue weighted by atomic mass is 9.71. The zero-order valence-corrected chi connectivity index (χ0v) is 52.2. The van der Waals surface area contributed by atoms with Gasteiger partial charge in [0.15, 0.2) is 37.7 Å². The van der Waals surface area contributed by atoms with Crippen molar-refractivity contribution in [2.24, 2.45) is 88.8 Å². The normalized spacial score (nSPS) is 55.4. The van der Waals surface area contributed by atoms with Crippen LogP contribution in [-0.4, -0.2) is 123 Å². The predicted octanol–water partition coefficient (Wildman–Crippen LogP) is 13.2. The summed E-state index contributed by atoms with van der Waals surface area (Å²) in [4.78, 5) is 0. The highest BCUT2D eigenvalue weighted by molar-refractivity contribution is 4.98. The van der Waals surface area contributed by atoms with Gasteiger partial charge in [-0.3, -0.25) is 0 Å². The van der Waals surface area contributed by atoms with E-state index < -0.39 is 25.2 Å². The summed E-state index contributed by atoms with van der Waals surface area (Å²) >= 11 is 0. The zero-order valence-electron chi connectivity index (χ0n) is 52.2. The largest absolute Gasteiger partial charge is 0.372 e. The molecule has 448 valence electrons. The average Bonchev–Trinajstić information content (AvgIpc) is 3.47. The maximum atomic E-state index is 7.24. The van der Waals surface area contributed by atoms with E-state index in [0.717, 1.165) is 51.4 Å². The molecular formula is C64H114O13. The summed E-state index contributed by atoms with van der Waals surface area (Å²) in [5, 5.41) is 0. The van der Waals surface area contributed by atoms with Gasteiger partial charge in [0.1, 0.15) is 0 Å². The van der Waals surface area contributed by atoms with Gasteiger partial charge in [0, 0.05) is 35.5 Å². The molecule has 35 atom stereocenters. The first-order valence-electron chi connectivity index (χ1n) is 32.2. The van der Waals surface area contributed by atoms with E-state index in [2.05, 4.69) is 145 Å². The molecule has 0 aliphatic carbocycles. The van der Waals surface area contributed by atoms with E-state index in [0.29, 0.717) is 11.8 Å². The van der Waals surface area contributed by atoms with E-state index in [4.69, 9.17) is 61.6 Å². The smallest absolute Gasteiger partial charge is 0.161 e. The van der Waals surface area contributed by atoms with Gasteiger partial charge in [-0.15, -0.1) is 0 Å². The third-order valence-corrected chi connectivity index (χ3v) is 22.7. The molecule has 21 saturated heterocycles. The van der Waals surface area contributed by atoms with Crippen molar-refractivity contribution in [1.29, 1.82) is 0 Å². The maximum Gasteiger partial charge on any atom is 0.161 e. The minimum atomic E-state index is -0.409. The van der Waals surface area contributed by atoms with Crippen molar-refractivity contribution in [3.05, 3.63) is 0 Å². The average molecular weight is 1090 g/mol. The topological polar surface area (TPSA) is 120 Å². The van der Waals surface area contributed by atoms with Gasteiger partial charge in [0.2, 0.25) is 0 Å². The summed E-state index contributed by atoms with van der Waals surface area (Å²) in [6.45, 7) is 47.9. The van der Waals surface area contributed by atoms with Crippen molar-refractivity contribution in [2.45, 2.75) is 320 Å². The highest BCUT2D eigenvalue weighted by Crippen LogP contribution is 2.49. The Morgan fingerprint density at radius 3 is 0.636 bits per heavy atom. The summed E-state index contributed by atoms with van der Waals surface area (Å²) in [5.41, 5.74) is 0. The quantitative estimate of drug-likeness (QED) is 0.241. The molecule has 14 unspecified atom stereocenters. The van der Waals surface area contributed by atoms with Crippen LogP contribution in [0.2, 0.25) is 0 Å². The van der Waals surface area contributed by atoms with Gasteiger partial charge in [0.25, 0.3) is 0 Å². The molecule has 0 N–H and O–H groups in total. The lowest BCUT2D eigenvalue weighted by Crippen LogP contribution is -2.60. The van der Waals surface area contributed by atoms with E-state index in [1.807, 2.05) is 0 Å². The Morgan fingerprint density at radius 2 is 0.403 bits per heavy atom. The van der Waals surface area contributed by atoms with Crippen LogP contribution in [-0.2, 0) is 61.6 Å². The Balaban J connectivity index is 1.08. The van der Waals surface area contributed by atoms with E-state index in [-0.39, 0.29) is 175 Å². The van der Waals surface area contributed by atoms with Crippen molar-refractivity contribution in [3.63, 3.8) is 0 Å². The fourth-order valence-corrected chi connectivity index (χ4v) is 15.5. The number of rotatable bonds is 7. The van der Waals surface area contributed by atoms with Crippen LogP contribution in [0.25, 0.3) is 0 Å². The van der Waals surface area contributed by atoms with Gasteiger partial charge < -0.3 is 61.6 Å². The minimum absolute atomic E-state index is 0.0467. The van der Waals surface area contributed by atoms with Gasteiger partial charge in [-0.25, -0.2) is 0 Å². The summed E-state index contributed by atoms with van der Waals surface area (Å²) in [6.07, 6.45) is 2.85. The summed E-state index contributed by atoms with van der Waals surface area (Å²) in [5.74, 6) is 2.58. The standard InChI is InChI=1S/C64H114O13/c1-22-45-44-29-52-31(9)32(10)53(46(23-2)65-52)72-60-39(17)34(12)55(48(25-4)67-60)74-62-41(19)36(14)57(50(27-6)69-62)76-64-43(21)37(15)58(51(28-7)71-64)77-63-42(20)35(13)56(49(26-5)70-63)75-61-40(18)33(11)54(47(24-3)68-61)73-59(66-45)38(16)30(44)8/h30-64H,22-29H2,1-21H3/t30-,31+,32?,33-,34?,35?,36?,37-,38?,39+,40?,41+,42+,43?,44-,45?,46?,47?,48?,49?,50?,51?,52+,53-,54-,55-,56-,57-,58-,59+,60+,61+,62+,63+,64+/m0/s1. The lowest BCUT2D eigenvalue weighted by molar-refractivity contribution is -0.368. The van der Waals surface area contributed by atoms with Crippen LogP contribution in [0.5, 0.6) is 0 Å². The number of ether oxygens (including phenoxy) is 13. The van der Waals surface area contributed by atoms with Gasteiger partial charge in [-0.2, -0.15) is 0 Å². The summed E-state index contributed by atoms with van der Waals surface area (Å²) in [7, 11) is 0. The molecule has 0 aromatic carbocycles. The second kappa shape index (κ2) is 26.6. The predicted molar refractivity (Wildman–Crippen MR) is 298 cm³/mol. The first kappa shape index (κ1) is 62.5. The van der Waals surface area contributed by atoms with E-state index in [1.165, 1.54) is 0 Å². The monoisotopic (exact) mass is 1090 g/mol. The summed E-state index contributed by atoms with van der Waals surface area (Å²) < 4.78 is 92.8. The second-order valence-electron chi connectivity index (χ2n) is 26.9. The molecule has 0 saturated carbocycles. The van der Waals surface area contributed by atoms with Gasteiger partial charge >= 0.3 is 0 Å². The SMILES string of the molecule is CCC1O[C@@H]2O[C@@H]3C(CC)O[C@H](O[C@@H]4C(CC)O[C@H](C[C@@H]5C(CC)O[C@H](O[C@@H]6C(CC)O[C@H](O[C@@H]7C(CC)O[C@H](O[C@@H]8C(CC)O[C@H](O[C@H]1C(C)[C@H]2C)C(C)[C@@H]8C)[C@H](C)C7C)C(C)[C@@H]6C)C(C)[C@@H]5C)[C@H](C)C4C)[C@H](C)C3C. The number of hydrogen-bond donors (Lipinski definition) is 0. The highest BCUT2D eigenvalue weighted by Gasteiger charge is 2.55. The molecule has 0 amide bonds. The highest BCUT2D eigenvalue weighted by atomic mass is 16.8. The van der Waals surface area contributed by atoms with E-state index in [9.17, 15) is 0 Å². The molecule has 21 fully saturated rings. The van der Waals surface area contributed by atoms with Crippen molar-refractivity contribution >= 4 is 0 Å². The Hall–Kier alpha value is -0.520. The van der Waals surface area contributed by atoms with Crippen molar-refractivity contribution < 1.29 is 61.6 Å². The third-order valence-electron chi connectivity index (χ3n) is 22.7. The molecule has 13 nitrogen and oxygen atoms in total. The van der Waals surface area contributed by atoms with E-state index >= 15 is 0 Å². The van der Waals surface area contributed by atoms with Crippen LogP contribution in [0.3, 0.4) is 0 Å². The molecule has 21 rings (SSSR count). The first-order valence-corrected chi connectivity index (χ1v) is 32.2. The van der Waals surface area contributed by atoms with Crippen molar-refractivity contribution in [1.82, 2.24) is 0 Å². The van der Waals surface area contributed by atoms with Gasteiger partial charge in [0.05, 0.1) is 85.5 Å². The molecule has 21 aliphatic rings. The number of hydrogen-bond acceptors (Lipinski definition) is 13. The molecule has 21 heterocycles. The van der Waals surface area contributed by atoms with Crippen LogP contribution >= 0.6 is 0 Å². The van der Waals surface area contributed by atoms with Crippen LogP contribution in [0.4, 0.5) is 0 Å². The van der Waals surface area contributed by atoms with Crippen LogP contribution in [0.15, 0.2) is 0 Å². The molecular weight excluding hydrogens is 977 g/mol. The van der Waals surface area contributed by atoms with Crippen LogP contribution in [0.1, 0.15) is 197 Å². The molecule has 0 aromatic heterocycles. The van der Waals surface area contributed by atoms with Gasteiger partial charge in [-0.05, 0) is 105 Å². The zero-order chi connectivity index (χ0) is 56.1. The lowest BCUT2D eigenvalue weighted by Gasteiger charge is -2.53. The Bertz CT molecular complexity index is 1440. The molecule has 13 heteroatoms. The van der Waals surface area contributed by atoms with E-state index in [1.54, 1.807) is 0 Å². The fourth-order valence-electron chi connectivity index (χ4n) is 15.5. The molecule has 0 spiro atoms. The molecule has 0 radical (unpaired) electrons. The Kier molecular flexibility index (Phi) is 21.6. The second-order valence-corrected chi connectivity index (χ2v) is 26.9. The minimum Gasteiger partial charge on any atom is -0.372 e. The molecule has 77 heavy (non-hydrogen) atoms. The molecule has 21 aliphatic heterocycles. The Labute approximate surface area is 468 Å². The molecule has 14 bridgehead atoms. The first-order chi connectivity index (χ1) is 36.7. The maximum absolute atomic E-state index is 7.24. The van der Waals surface area contributed by atoms with Crippen molar-refractivity contribution in [3.8, 4) is 0 Å². The van der Waals surface area contributed by atoms with Gasteiger partial charge in [-0.1, -0.05) is 145 Å². The summed E-state index contributed by atoms with van der Waals surface area (Å²) in [6, 6.07) is 0. The van der Waals surface area contributed by atoms with Crippen LogP contribution in [0, 0.1) is 88.8 Å². The Morgan fingerprint density at radius 1 is 0.208 bits per heavy atom. The molecule has 0 aromatic rings.